The standard InChI is InChI=1S/C27H26N8O3/c1-34(2)13-19-16(15-5-7-37-14-15)3-4-22(33-19)32-18-10-29-25(17-9-30-26(36)24(17)18)21-11-28-23-12-31-27-20(35(21)23)6-8-38-27/h3-4,6,8,10-12,15H,5,7,9,13-14H2,1-2H3,(H,30,36)(H,32,33)/t15-/m1/s1. The summed E-state index contributed by atoms with van der Waals surface area (Å²) in [7, 11) is 4.06. The number of ether oxygens (including phenoxy) is 1. The van der Waals surface area contributed by atoms with Crippen molar-refractivity contribution in [2.45, 2.75) is 25.4 Å². The largest absolute Gasteiger partial charge is 0.445 e. The van der Waals surface area contributed by atoms with Gasteiger partial charge in [-0.05, 0) is 32.1 Å². The number of carbonyl (C=O) groups excluding carboxylic acids is 1. The van der Waals surface area contributed by atoms with Crippen LogP contribution in [0.3, 0.4) is 0 Å². The zero-order valence-corrected chi connectivity index (χ0v) is 21.1. The molecule has 7 heterocycles. The molecule has 5 aromatic rings. The Balaban J connectivity index is 1.29. The van der Waals surface area contributed by atoms with Crippen LogP contribution in [-0.4, -0.2) is 62.5 Å². The van der Waals surface area contributed by atoms with E-state index in [0.29, 0.717) is 53.1 Å². The van der Waals surface area contributed by atoms with Crippen LogP contribution in [0.5, 0.6) is 0 Å². The average Bonchev–Trinajstić information content (AvgIpc) is 3.70. The number of aromatic nitrogens is 5. The van der Waals surface area contributed by atoms with E-state index in [1.165, 1.54) is 5.56 Å². The van der Waals surface area contributed by atoms with Gasteiger partial charge in [0.15, 0.2) is 5.65 Å². The molecule has 2 aliphatic heterocycles. The van der Waals surface area contributed by atoms with Crippen LogP contribution in [0.2, 0.25) is 0 Å². The van der Waals surface area contributed by atoms with Gasteiger partial charge in [-0.3, -0.25) is 14.2 Å². The van der Waals surface area contributed by atoms with Gasteiger partial charge in [0.05, 0.1) is 59.8 Å². The minimum atomic E-state index is -0.150. The molecule has 11 nitrogen and oxygen atoms in total. The molecule has 2 N–H and O–H groups in total. The molecule has 1 amide bonds. The molecular weight excluding hydrogens is 484 g/mol. The molecule has 38 heavy (non-hydrogen) atoms. The highest BCUT2D eigenvalue weighted by Gasteiger charge is 2.29. The fraction of sp³-hybridized carbons (Fsp3) is 0.296. The second-order valence-electron chi connectivity index (χ2n) is 9.92. The Bertz CT molecular complexity index is 1700. The number of nitrogens with zero attached hydrogens (tertiary/aromatic N) is 6. The van der Waals surface area contributed by atoms with Gasteiger partial charge in [0.2, 0.25) is 5.71 Å². The van der Waals surface area contributed by atoms with Gasteiger partial charge >= 0.3 is 0 Å². The number of hydrogen-bond acceptors (Lipinski definition) is 9. The molecule has 0 bridgehead atoms. The Morgan fingerprint density at radius 2 is 2.08 bits per heavy atom. The van der Waals surface area contributed by atoms with Crippen molar-refractivity contribution >= 4 is 34.3 Å². The van der Waals surface area contributed by atoms with Crippen LogP contribution in [-0.2, 0) is 17.8 Å². The Morgan fingerprint density at radius 1 is 1.16 bits per heavy atom. The summed E-state index contributed by atoms with van der Waals surface area (Å²) >= 11 is 0. The molecular formula is C27H26N8O3. The SMILES string of the molecule is CN(C)Cc1nc(Nc2cnc(-c3cnc4cnc5occc5n34)c3c2C(=O)NC3)ccc1[C@@H]1CCOC1. The minimum Gasteiger partial charge on any atom is -0.445 e. The molecule has 0 aliphatic carbocycles. The molecule has 0 unspecified atom stereocenters. The van der Waals surface area contributed by atoms with Crippen molar-refractivity contribution < 1.29 is 13.9 Å². The molecule has 2 aliphatic rings. The topological polar surface area (TPSA) is 123 Å². The third kappa shape index (κ3) is 3.70. The Labute approximate surface area is 217 Å². The quantitative estimate of drug-likeness (QED) is 0.353. The van der Waals surface area contributed by atoms with Gasteiger partial charge in [-0.2, -0.15) is 0 Å². The Kier molecular flexibility index (Phi) is 5.34. The van der Waals surface area contributed by atoms with Crippen LogP contribution in [0.15, 0.2) is 47.5 Å². The lowest BCUT2D eigenvalue weighted by atomic mass is 9.96. The van der Waals surface area contributed by atoms with Crippen LogP contribution >= 0.6 is 0 Å². The Morgan fingerprint density at radius 3 is 2.92 bits per heavy atom. The number of carbonyl (C=O) groups is 1. The lowest BCUT2D eigenvalue weighted by Gasteiger charge is -2.19. The zero-order valence-electron chi connectivity index (χ0n) is 21.1. The fourth-order valence-electron chi connectivity index (χ4n) is 5.41. The number of rotatable bonds is 6. The summed E-state index contributed by atoms with van der Waals surface area (Å²) in [6, 6.07) is 5.93. The molecule has 5 aromatic heterocycles. The first-order chi connectivity index (χ1) is 18.6. The number of pyridine rings is 2. The molecule has 192 valence electrons. The third-order valence-corrected chi connectivity index (χ3v) is 7.13. The highest BCUT2D eigenvalue weighted by atomic mass is 16.5. The highest BCUT2D eigenvalue weighted by molar-refractivity contribution is 6.05. The van der Waals surface area contributed by atoms with Gasteiger partial charge < -0.3 is 24.7 Å². The highest BCUT2D eigenvalue weighted by Crippen LogP contribution is 2.35. The van der Waals surface area contributed by atoms with E-state index in [0.717, 1.165) is 42.1 Å². The third-order valence-electron chi connectivity index (χ3n) is 7.13. The number of imidazole rings is 1. The fourth-order valence-corrected chi connectivity index (χ4v) is 5.41. The monoisotopic (exact) mass is 510 g/mol. The summed E-state index contributed by atoms with van der Waals surface area (Å²) < 4.78 is 13.1. The summed E-state index contributed by atoms with van der Waals surface area (Å²) in [5.41, 5.74) is 7.62. The van der Waals surface area contributed by atoms with Crippen molar-refractivity contribution in [3.63, 3.8) is 0 Å². The van der Waals surface area contributed by atoms with Crippen LogP contribution in [0.1, 0.15) is 39.5 Å². The molecule has 1 saturated heterocycles. The zero-order chi connectivity index (χ0) is 25.8. The number of amides is 1. The van der Waals surface area contributed by atoms with Gasteiger partial charge in [0.1, 0.15) is 11.3 Å². The van der Waals surface area contributed by atoms with E-state index >= 15 is 0 Å². The molecule has 11 heteroatoms. The van der Waals surface area contributed by atoms with Gasteiger partial charge in [-0.1, -0.05) is 6.07 Å². The molecule has 0 aromatic carbocycles. The molecule has 0 radical (unpaired) electrons. The first-order valence-electron chi connectivity index (χ1n) is 12.6. The van der Waals surface area contributed by atoms with E-state index in [9.17, 15) is 4.79 Å². The van der Waals surface area contributed by atoms with Gasteiger partial charge in [0, 0.05) is 37.2 Å². The number of nitrogens with one attached hydrogen (secondary N) is 2. The lowest BCUT2D eigenvalue weighted by Crippen LogP contribution is -2.16. The maximum Gasteiger partial charge on any atom is 0.254 e. The second-order valence-corrected chi connectivity index (χ2v) is 9.92. The van der Waals surface area contributed by atoms with Crippen LogP contribution in [0, 0.1) is 0 Å². The number of furan rings is 1. The van der Waals surface area contributed by atoms with Crippen molar-refractivity contribution in [1.29, 1.82) is 0 Å². The molecule has 1 fully saturated rings. The summed E-state index contributed by atoms with van der Waals surface area (Å²) in [6.45, 7) is 2.58. The van der Waals surface area contributed by atoms with Crippen molar-refractivity contribution in [2.75, 3.05) is 32.6 Å². The molecule has 7 rings (SSSR count). The maximum atomic E-state index is 13.0. The van der Waals surface area contributed by atoms with E-state index in [4.69, 9.17) is 19.1 Å². The van der Waals surface area contributed by atoms with Crippen molar-refractivity contribution in [3.8, 4) is 11.4 Å². The maximum absolute atomic E-state index is 13.0. The van der Waals surface area contributed by atoms with Gasteiger partial charge in [0.25, 0.3) is 5.91 Å². The minimum absolute atomic E-state index is 0.150. The number of anilines is 2. The van der Waals surface area contributed by atoms with Gasteiger partial charge in [-0.25, -0.2) is 15.0 Å². The van der Waals surface area contributed by atoms with E-state index < -0.39 is 0 Å². The molecule has 1 atom stereocenters. The lowest BCUT2D eigenvalue weighted by molar-refractivity contribution is 0.0966. The van der Waals surface area contributed by atoms with Crippen LogP contribution < -0.4 is 10.6 Å². The summed E-state index contributed by atoms with van der Waals surface area (Å²) in [5, 5.41) is 6.33. The first-order valence-corrected chi connectivity index (χ1v) is 12.6. The van der Waals surface area contributed by atoms with E-state index in [1.54, 1.807) is 24.9 Å². The van der Waals surface area contributed by atoms with E-state index in [-0.39, 0.29) is 5.91 Å². The van der Waals surface area contributed by atoms with Crippen molar-refractivity contribution in [2.24, 2.45) is 0 Å². The number of fused-ring (bicyclic) bond motifs is 4. The van der Waals surface area contributed by atoms with Crippen LogP contribution in [0.4, 0.5) is 11.5 Å². The smallest absolute Gasteiger partial charge is 0.254 e. The molecule has 0 spiro atoms. The summed E-state index contributed by atoms with van der Waals surface area (Å²) in [6.07, 6.45) is 7.70. The van der Waals surface area contributed by atoms with E-state index in [1.807, 2.05) is 30.6 Å². The summed E-state index contributed by atoms with van der Waals surface area (Å²) in [5.74, 6) is 0.870. The number of hydrogen-bond donors (Lipinski definition) is 2. The van der Waals surface area contributed by atoms with Crippen molar-refractivity contribution in [1.82, 2.24) is 34.6 Å². The predicted octanol–water partition coefficient (Wildman–Crippen LogP) is 3.49. The van der Waals surface area contributed by atoms with Gasteiger partial charge in [-0.15, -0.1) is 0 Å². The second kappa shape index (κ2) is 8.89. The van der Waals surface area contributed by atoms with Crippen LogP contribution in [0.25, 0.3) is 28.3 Å². The van der Waals surface area contributed by atoms with Crippen molar-refractivity contribution in [3.05, 3.63) is 65.4 Å². The predicted molar refractivity (Wildman–Crippen MR) is 140 cm³/mol. The Hall–Kier alpha value is -4.35. The normalized spacial score (nSPS) is 17.0. The van der Waals surface area contributed by atoms with E-state index in [2.05, 4.69) is 31.6 Å². The average molecular weight is 511 g/mol. The summed E-state index contributed by atoms with van der Waals surface area (Å²) in [4.78, 5) is 33.7. The first kappa shape index (κ1) is 22.8. The molecule has 0 saturated carbocycles.